The van der Waals surface area contributed by atoms with E-state index in [0.717, 1.165) is 4.88 Å². The fourth-order valence-electron chi connectivity index (χ4n) is 2.37. The standard InChI is InChI=1S/C14H17N3O3S/c1-9(12-4-3-7-21-12)14(18)17-5-6-19-11(8-17)13-16-15-10(2)20-13/h3-4,7,9,11H,5-6,8H2,1-2H3/t9-,11+/m1/s1. The molecule has 21 heavy (non-hydrogen) atoms. The molecule has 1 saturated heterocycles. The predicted molar refractivity (Wildman–Crippen MR) is 77.0 cm³/mol. The lowest BCUT2D eigenvalue weighted by atomic mass is 10.1. The third kappa shape index (κ3) is 2.98. The first-order chi connectivity index (χ1) is 10.1. The van der Waals surface area contributed by atoms with Crippen molar-refractivity contribution in [3.63, 3.8) is 0 Å². The smallest absolute Gasteiger partial charge is 0.246 e. The summed E-state index contributed by atoms with van der Waals surface area (Å²) in [6.45, 7) is 5.21. The maximum Gasteiger partial charge on any atom is 0.246 e. The summed E-state index contributed by atoms with van der Waals surface area (Å²) < 4.78 is 11.0. The third-order valence-corrected chi connectivity index (χ3v) is 4.59. The summed E-state index contributed by atoms with van der Waals surface area (Å²) in [7, 11) is 0. The van der Waals surface area contributed by atoms with Crippen molar-refractivity contribution in [1.29, 1.82) is 0 Å². The van der Waals surface area contributed by atoms with Crippen LogP contribution in [0.3, 0.4) is 0 Å². The number of nitrogens with zero attached hydrogens (tertiary/aromatic N) is 3. The molecule has 0 aliphatic carbocycles. The molecule has 1 amide bonds. The van der Waals surface area contributed by atoms with Crippen LogP contribution in [0, 0.1) is 6.92 Å². The van der Waals surface area contributed by atoms with Gasteiger partial charge in [-0.1, -0.05) is 6.07 Å². The maximum atomic E-state index is 12.6. The van der Waals surface area contributed by atoms with Gasteiger partial charge in [-0.3, -0.25) is 4.79 Å². The van der Waals surface area contributed by atoms with Crippen molar-refractivity contribution in [1.82, 2.24) is 15.1 Å². The number of aromatic nitrogens is 2. The van der Waals surface area contributed by atoms with Gasteiger partial charge in [0, 0.05) is 18.3 Å². The Hall–Kier alpha value is -1.73. The molecule has 1 aliphatic heterocycles. The Balaban J connectivity index is 1.69. The molecule has 6 nitrogen and oxygen atoms in total. The van der Waals surface area contributed by atoms with E-state index in [1.165, 1.54) is 0 Å². The van der Waals surface area contributed by atoms with Gasteiger partial charge in [-0.15, -0.1) is 21.5 Å². The topological polar surface area (TPSA) is 68.5 Å². The molecule has 0 spiro atoms. The van der Waals surface area contributed by atoms with Crippen molar-refractivity contribution in [3.8, 4) is 0 Å². The first kappa shape index (κ1) is 14.2. The minimum absolute atomic E-state index is 0.113. The van der Waals surface area contributed by atoms with Crippen molar-refractivity contribution in [3.05, 3.63) is 34.2 Å². The lowest BCUT2D eigenvalue weighted by molar-refractivity contribution is -0.141. The predicted octanol–water partition coefficient (Wildman–Crippen LogP) is 2.14. The number of hydrogen-bond acceptors (Lipinski definition) is 6. The zero-order chi connectivity index (χ0) is 14.8. The number of carbonyl (C=O) groups excluding carboxylic acids is 1. The van der Waals surface area contributed by atoms with Crippen LogP contribution >= 0.6 is 11.3 Å². The molecular formula is C14H17N3O3S. The number of ether oxygens (including phenoxy) is 1. The summed E-state index contributed by atoms with van der Waals surface area (Å²) in [5.74, 6) is 0.924. The fourth-order valence-corrected chi connectivity index (χ4v) is 3.15. The fraction of sp³-hybridized carbons (Fsp3) is 0.500. The highest BCUT2D eigenvalue weighted by Crippen LogP contribution is 2.26. The first-order valence-corrected chi connectivity index (χ1v) is 7.77. The van der Waals surface area contributed by atoms with Crippen molar-refractivity contribution < 1.29 is 13.9 Å². The lowest BCUT2D eigenvalue weighted by Gasteiger charge is -2.32. The summed E-state index contributed by atoms with van der Waals surface area (Å²) in [6.07, 6.45) is -0.334. The number of hydrogen-bond donors (Lipinski definition) is 0. The van der Waals surface area contributed by atoms with Crippen LogP contribution in [0.4, 0.5) is 0 Å². The van der Waals surface area contributed by atoms with E-state index in [1.54, 1.807) is 18.3 Å². The van der Waals surface area contributed by atoms with E-state index < -0.39 is 0 Å². The zero-order valence-electron chi connectivity index (χ0n) is 12.0. The van der Waals surface area contributed by atoms with Gasteiger partial charge in [0.25, 0.3) is 0 Å². The van der Waals surface area contributed by atoms with E-state index in [9.17, 15) is 4.79 Å². The molecule has 2 atom stereocenters. The molecule has 3 heterocycles. The monoisotopic (exact) mass is 307 g/mol. The second-order valence-electron chi connectivity index (χ2n) is 5.04. The van der Waals surface area contributed by atoms with Gasteiger partial charge >= 0.3 is 0 Å². The molecule has 0 bridgehead atoms. The van der Waals surface area contributed by atoms with Gasteiger partial charge in [0.15, 0.2) is 6.10 Å². The summed E-state index contributed by atoms with van der Waals surface area (Å²) >= 11 is 1.60. The van der Waals surface area contributed by atoms with Crippen molar-refractivity contribution in [2.75, 3.05) is 19.7 Å². The summed E-state index contributed by atoms with van der Waals surface area (Å²) in [5.41, 5.74) is 0. The molecule has 0 aromatic carbocycles. The Bertz CT molecular complexity index is 611. The van der Waals surface area contributed by atoms with Crippen LogP contribution in [0.15, 0.2) is 21.9 Å². The number of carbonyl (C=O) groups is 1. The molecule has 1 aliphatic rings. The van der Waals surface area contributed by atoms with Gasteiger partial charge < -0.3 is 14.1 Å². The van der Waals surface area contributed by atoms with E-state index in [2.05, 4.69) is 10.2 Å². The first-order valence-electron chi connectivity index (χ1n) is 6.89. The van der Waals surface area contributed by atoms with Crippen LogP contribution in [0.5, 0.6) is 0 Å². The van der Waals surface area contributed by atoms with Crippen LogP contribution in [0.25, 0.3) is 0 Å². The molecule has 7 heteroatoms. The molecule has 1 fully saturated rings. The Labute approximate surface area is 126 Å². The Morgan fingerprint density at radius 1 is 1.52 bits per heavy atom. The Morgan fingerprint density at radius 3 is 3.05 bits per heavy atom. The van der Waals surface area contributed by atoms with Crippen molar-refractivity contribution in [2.45, 2.75) is 25.9 Å². The molecule has 2 aromatic rings. The van der Waals surface area contributed by atoms with Crippen molar-refractivity contribution in [2.24, 2.45) is 0 Å². The second-order valence-corrected chi connectivity index (χ2v) is 6.02. The highest BCUT2D eigenvalue weighted by atomic mass is 32.1. The quantitative estimate of drug-likeness (QED) is 0.869. The summed E-state index contributed by atoms with van der Waals surface area (Å²) in [6, 6.07) is 3.96. The van der Waals surface area contributed by atoms with E-state index in [1.807, 2.05) is 29.3 Å². The Kier molecular flexibility index (Phi) is 4.03. The number of morpholine rings is 1. The normalized spacial score (nSPS) is 20.5. The molecule has 3 rings (SSSR count). The SMILES string of the molecule is Cc1nnc([C@@H]2CN(C(=O)[C@H](C)c3cccs3)CCO2)o1. The van der Waals surface area contributed by atoms with Gasteiger partial charge in [0.2, 0.25) is 17.7 Å². The maximum absolute atomic E-state index is 12.6. The molecule has 0 saturated carbocycles. The highest BCUT2D eigenvalue weighted by Gasteiger charge is 2.31. The van der Waals surface area contributed by atoms with Crippen LogP contribution in [-0.4, -0.2) is 40.7 Å². The summed E-state index contributed by atoms with van der Waals surface area (Å²) in [4.78, 5) is 15.5. The number of rotatable bonds is 3. The number of thiophene rings is 1. The van der Waals surface area contributed by atoms with Gasteiger partial charge in [-0.2, -0.15) is 0 Å². The number of aryl methyl sites for hydroxylation is 1. The zero-order valence-corrected chi connectivity index (χ0v) is 12.8. The highest BCUT2D eigenvalue weighted by molar-refractivity contribution is 7.10. The van der Waals surface area contributed by atoms with E-state index >= 15 is 0 Å². The van der Waals surface area contributed by atoms with Crippen LogP contribution in [0.2, 0.25) is 0 Å². The van der Waals surface area contributed by atoms with Crippen LogP contribution in [-0.2, 0) is 9.53 Å². The van der Waals surface area contributed by atoms with Gasteiger partial charge in [0.1, 0.15) is 0 Å². The second kappa shape index (κ2) is 5.95. The van der Waals surface area contributed by atoms with Crippen LogP contribution in [0.1, 0.15) is 35.6 Å². The summed E-state index contributed by atoms with van der Waals surface area (Å²) in [5, 5.41) is 9.78. The average Bonchev–Trinajstić information content (AvgIpc) is 3.17. The molecule has 0 unspecified atom stereocenters. The third-order valence-electron chi connectivity index (χ3n) is 3.54. The van der Waals surface area contributed by atoms with E-state index in [-0.39, 0.29) is 17.9 Å². The molecular weight excluding hydrogens is 290 g/mol. The molecule has 112 valence electrons. The lowest BCUT2D eigenvalue weighted by Crippen LogP contribution is -2.44. The Morgan fingerprint density at radius 2 is 2.38 bits per heavy atom. The van der Waals surface area contributed by atoms with Crippen molar-refractivity contribution >= 4 is 17.2 Å². The van der Waals surface area contributed by atoms with Gasteiger partial charge in [-0.05, 0) is 18.4 Å². The van der Waals surface area contributed by atoms with E-state index in [4.69, 9.17) is 9.15 Å². The number of amides is 1. The molecule has 0 N–H and O–H groups in total. The van der Waals surface area contributed by atoms with Crippen LogP contribution < -0.4 is 0 Å². The minimum Gasteiger partial charge on any atom is -0.423 e. The van der Waals surface area contributed by atoms with Gasteiger partial charge in [0.05, 0.1) is 19.1 Å². The van der Waals surface area contributed by atoms with E-state index in [0.29, 0.717) is 31.5 Å². The van der Waals surface area contributed by atoms with Gasteiger partial charge in [-0.25, -0.2) is 0 Å². The molecule has 2 aromatic heterocycles. The minimum atomic E-state index is -0.334. The largest absolute Gasteiger partial charge is 0.423 e. The average molecular weight is 307 g/mol. The molecule has 0 radical (unpaired) electrons.